The number of alkyl halides is 2. The Labute approximate surface area is 766 Å². The van der Waals surface area contributed by atoms with E-state index in [-0.39, 0.29) is 12.0 Å². The van der Waals surface area contributed by atoms with E-state index < -0.39 is 86.9 Å². The van der Waals surface area contributed by atoms with Crippen LogP contribution < -0.4 is 64.4 Å². The number of pyridine rings is 5. The standard InChI is InChI=1S/C20H23N3O4S.C19H23N3O4S.C18H19F2N3O4S.C18H21N3O3S.C17H19N3O3S/c1-12-10-13-4-3-5-16(13)19(22-20(24)23-28(2,25)26)18(12)14-8-9-21-17(11-14)27-15-6-7-15;1-4-26-16-11-14(8-9-20-16)17-12(2)10-13-6-5-7-15(13)18(17)21-19(23)22-27(3,24)25;1-10-8-11-4-3-5-13(11)16(22-18(24)23-28(2,25)26)15(10)12-6-7-21-14(9-12)27-17(19)20;1-11-9-13-5-4-6-15(13)17(20-18(22)21-25(3,23)24)16(11)14-7-8-19-12(2)10-14;1-11-10-13-4-3-5-14(13)16(19-17(21)20-24(2,22)23)15(11)12-6-8-18-9-7-12/h8-11,15H,3-7H2,1-2H3,(H2,22,23,24);8-11H,4-7H2,1-3H3,(H2,21,22,23);6-9,17H,3-5H2,1-2H3,(H2,22,23,24);7-10H,4-6H2,1-3H3,(H2,20,21,22);6-10H,3-5H2,1-2H3,(H2,19,20,21). The number of benzene rings is 5. The number of aryl methyl sites for hydroxylation is 11. The zero-order valence-corrected chi connectivity index (χ0v) is 79.0. The molecule has 700 valence electrons. The van der Waals surface area contributed by atoms with Crippen LogP contribution in [-0.4, -0.2) is 148 Å². The van der Waals surface area contributed by atoms with E-state index in [0.717, 1.165) is 245 Å². The molecule has 0 bridgehead atoms. The summed E-state index contributed by atoms with van der Waals surface area (Å²) in [6.45, 7) is 11.1. The van der Waals surface area contributed by atoms with Gasteiger partial charge in [-0.05, 0) is 311 Å². The average molecular weight is 1910 g/mol. The summed E-state index contributed by atoms with van der Waals surface area (Å²) in [4.78, 5) is 81.5. The van der Waals surface area contributed by atoms with Crippen LogP contribution in [0.1, 0.15) is 141 Å². The van der Waals surface area contributed by atoms with E-state index in [1.807, 2.05) is 127 Å². The van der Waals surface area contributed by atoms with Gasteiger partial charge in [-0.25, -0.2) is 105 Å². The molecule has 10 N–H and O–H groups in total. The van der Waals surface area contributed by atoms with Crippen molar-refractivity contribution in [2.45, 2.75) is 170 Å². The number of hydrogen-bond acceptors (Lipinski definition) is 23. The van der Waals surface area contributed by atoms with Crippen LogP contribution in [0, 0.1) is 41.5 Å². The third-order valence-electron chi connectivity index (χ3n) is 22.1. The Bertz CT molecular complexity index is 6610. The number of nitrogens with zero attached hydrogens (tertiary/aromatic N) is 5. The van der Waals surface area contributed by atoms with Crippen molar-refractivity contribution >= 4 is 109 Å². The number of amides is 10. The van der Waals surface area contributed by atoms with E-state index >= 15 is 0 Å². The Morgan fingerprint density at radius 3 is 0.886 bits per heavy atom. The molecule has 0 aliphatic heterocycles. The van der Waals surface area contributed by atoms with E-state index in [4.69, 9.17) is 9.47 Å². The summed E-state index contributed by atoms with van der Waals surface area (Å²) in [5.74, 6) is 0.812. The summed E-state index contributed by atoms with van der Waals surface area (Å²) in [6.07, 6.45) is 30.6. The van der Waals surface area contributed by atoms with Crippen molar-refractivity contribution in [3.8, 4) is 73.3 Å². The molecule has 5 aromatic carbocycles. The van der Waals surface area contributed by atoms with Gasteiger partial charge < -0.3 is 40.8 Å². The van der Waals surface area contributed by atoms with Crippen molar-refractivity contribution in [1.82, 2.24) is 48.5 Å². The predicted octanol–water partition coefficient (Wildman–Crippen LogP) is 15.0. The Balaban J connectivity index is 0.000000149. The highest BCUT2D eigenvalue weighted by Crippen LogP contribution is 2.47. The second-order valence-electron chi connectivity index (χ2n) is 33.0. The van der Waals surface area contributed by atoms with Crippen molar-refractivity contribution in [2.24, 2.45) is 0 Å². The number of sulfonamides is 5. The van der Waals surface area contributed by atoms with Gasteiger partial charge in [0.2, 0.25) is 67.8 Å². The molecule has 10 aromatic rings. The van der Waals surface area contributed by atoms with E-state index in [1.54, 1.807) is 37.1 Å². The first kappa shape index (κ1) is 98.2. The molecular formula is C92H105F2N15O18S5. The van der Waals surface area contributed by atoms with Crippen LogP contribution in [0.2, 0.25) is 0 Å². The van der Waals surface area contributed by atoms with Crippen molar-refractivity contribution in [2.75, 3.05) is 64.5 Å². The fourth-order valence-electron chi connectivity index (χ4n) is 17.3. The third-order valence-corrected chi connectivity index (χ3v) is 24.9. The number of aromatic nitrogens is 5. The minimum Gasteiger partial charge on any atom is -0.478 e. The lowest BCUT2D eigenvalue weighted by Gasteiger charge is -2.19. The van der Waals surface area contributed by atoms with Gasteiger partial charge in [-0.1, -0.05) is 30.3 Å². The van der Waals surface area contributed by atoms with Gasteiger partial charge in [-0.2, -0.15) is 8.78 Å². The summed E-state index contributed by atoms with van der Waals surface area (Å²) >= 11 is 0. The molecule has 0 unspecified atom stereocenters. The number of nitrogens with one attached hydrogen (secondary N) is 10. The molecule has 1 saturated carbocycles. The van der Waals surface area contributed by atoms with Crippen LogP contribution >= 0.6 is 0 Å². The number of ether oxygens (including phenoxy) is 3. The topological polar surface area (TPSA) is 468 Å². The minimum absolute atomic E-state index is 0.238. The summed E-state index contributed by atoms with van der Waals surface area (Å²) in [7, 11) is -18.3. The number of hydrogen-bond donors (Lipinski definition) is 10. The number of carbonyl (C=O) groups is 5. The fraction of sp³-hybridized carbons (Fsp3) is 0.348. The molecule has 5 aromatic heterocycles. The lowest BCUT2D eigenvalue weighted by atomic mass is 9.93. The molecule has 5 heterocycles. The molecular weight excluding hydrogens is 1800 g/mol. The molecule has 0 saturated heterocycles. The van der Waals surface area contributed by atoms with Gasteiger partial charge in [0.25, 0.3) is 0 Å². The van der Waals surface area contributed by atoms with Crippen molar-refractivity contribution in [1.29, 1.82) is 0 Å². The fourth-order valence-corrected chi connectivity index (χ4v) is 19.2. The highest BCUT2D eigenvalue weighted by Gasteiger charge is 2.32. The van der Waals surface area contributed by atoms with Crippen LogP contribution in [0.3, 0.4) is 0 Å². The van der Waals surface area contributed by atoms with Crippen LogP contribution in [-0.2, 0) is 114 Å². The maximum atomic E-state index is 12.5. The van der Waals surface area contributed by atoms with Gasteiger partial charge in [0.1, 0.15) is 6.10 Å². The maximum Gasteiger partial charge on any atom is 0.388 e. The summed E-state index contributed by atoms with van der Waals surface area (Å²) < 4.78 is 164. The Morgan fingerprint density at radius 1 is 0.348 bits per heavy atom. The quantitative estimate of drug-likeness (QED) is 0.0319. The van der Waals surface area contributed by atoms with Gasteiger partial charge in [0.15, 0.2) is 0 Å². The van der Waals surface area contributed by atoms with Gasteiger partial charge >= 0.3 is 36.8 Å². The highest BCUT2D eigenvalue weighted by atomic mass is 32.2. The first-order valence-corrected chi connectivity index (χ1v) is 51.9. The largest absolute Gasteiger partial charge is 0.478 e. The summed E-state index contributed by atoms with van der Waals surface area (Å²) in [5.41, 5.74) is 28.3. The first-order valence-electron chi connectivity index (χ1n) is 42.5. The molecule has 16 rings (SSSR count). The minimum atomic E-state index is -3.74. The SMILES string of the molecule is CCOc1cc(-c2c(C)cc3c(c2NC(=O)NS(C)(=O)=O)CCC3)ccn1.Cc1cc(-c2c(C)cc3c(c2NC(=O)NS(C)(=O)=O)CCC3)ccn1.Cc1cc2c(c(NC(=O)NS(C)(=O)=O)c1-c1ccnc(OC(F)F)c1)CCC2.Cc1cc2c(c(NC(=O)NS(C)(=O)=O)c1-c1ccnc(OC3CC3)c1)CCC2.Cc1cc2c(c(NC(=O)NS(C)(=O)=O)c1-c1ccncc1)CCC2. The normalized spacial score (nSPS) is 13.8. The molecule has 6 aliphatic carbocycles. The van der Waals surface area contributed by atoms with Crippen LogP contribution in [0.15, 0.2) is 128 Å². The Hall–Kier alpha value is -12.8. The molecule has 0 radical (unpaired) electrons. The monoisotopic (exact) mass is 1910 g/mol. The second kappa shape index (κ2) is 41.8. The number of rotatable bonds is 21. The lowest BCUT2D eigenvalue weighted by molar-refractivity contribution is -0.0528. The third kappa shape index (κ3) is 26.5. The second-order valence-corrected chi connectivity index (χ2v) is 41.8. The zero-order valence-electron chi connectivity index (χ0n) is 74.9. The van der Waals surface area contributed by atoms with E-state index in [9.17, 15) is 74.8 Å². The van der Waals surface area contributed by atoms with Crippen LogP contribution in [0.4, 0.5) is 61.2 Å². The maximum absolute atomic E-state index is 12.5. The summed E-state index contributed by atoms with van der Waals surface area (Å²) in [5, 5.41) is 13.7. The van der Waals surface area contributed by atoms with Crippen molar-refractivity contribution < 1.29 is 89.1 Å². The molecule has 40 heteroatoms. The highest BCUT2D eigenvalue weighted by molar-refractivity contribution is 7.90. The molecule has 0 atom stereocenters. The Kier molecular flexibility index (Phi) is 31.1. The average Bonchev–Trinajstić information content (AvgIpc) is 1.43. The van der Waals surface area contributed by atoms with Gasteiger partial charge in [0, 0.05) is 88.9 Å². The molecule has 1 fully saturated rings. The van der Waals surface area contributed by atoms with Crippen molar-refractivity contribution in [3.05, 3.63) is 217 Å². The van der Waals surface area contributed by atoms with Gasteiger partial charge in [-0.3, -0.25) is 9.97 Å². The van der Waals surface area contributed by atoms with Crippen LogP contribution in [0.25, 0.3) is 55.6 Å². The van der Waals surface area contributed by atoms with Crippen molar-refractivity contribution in [3.63, 3.8) is 0 Å². The first-order chi connectivity index (χ1) is 62.3. The summed E-state index contributed by atoms with van der Waals surface area (Å²) in [6, 6.07) is 24.7. The lowest BCUT2D eigenvalue weighted by Crippen LogP contribution is -2.34. The predicted molar refractivity (Wildman–Crippen MR) is 503 cm³/mol. The van der Waals surface area contributed by atoms with E-state index in [1.165, 1.54) is 34.5 Å². The van der Waals surface area contributed by atoms with E-state index in [0.29, 0.717) is 64.4 Å². The van der Waals surface area contributed by atoms with Gasteiger partial charge in [-0.15, -0.1) is 0 Å². The van der Waals surface area contributed by atoms with Gasteiger partial charge in [0.05, 0.1) is 66.3 Å². The molecule has 10 amide bonds. The number of anilines is 5. The molecule has 132 heavy (non-hydrogen) atoms. The number of halogens is 2. The Morgan fingerprint density at radius 2 is 0.606 bits per heavy atom. The number of urea groups is 5. The van der Waals surface area contributed by atoms with E-state index in [2.05, 4.69) is 80.5 Å². The smallest absolute Gasteiger partial charge is 0.388 e. The molecule has 0 spiro atoms. The molecule has 33 nitrogen and oxygen atoms in total. The number of carbonyl (C=O) groups excluding carboxylic acids is 5. The molecule has 6 aliphatic rings. The number of fused-ring (bicyclic) bond motifs is 5. The zero-order chi connectivity index (χ0) is 95.5. The van der Waals surface area contributed by atoms with Crippen LogP contribution in [0.5, 0.6) is 17.6 Å².